The van der Waals surface area contributed by atoms with Crippen LogP contribution in [0.3, 0.4) is 0 Å². The SMILES string of the molecule is COCCC(C)(N)c1nc(C(C)(C)C)cs1. The van der Waals surface area contributed by atoms with E-state index in [-0.39, 0.29) is 11.0 Å². The van der Waals surface area contributed by atoms with E-state index in [1.54, 1.807) is 18.4 Å². The lowest BCUT2D eigenvalue weighted by atomic mass is 9.93. The summed E-state index contributed by atoms with van der Waals surface area (Å²) in [6.45, 7) is 9.16. The van der Waals surface area contributed by atoms with Crippen LogP contribution < -0.4 is 5.73 Å². The maximum absolute atomic E-state index is 6.25. The van der Waals surface area contributed by atoms with Gasteiger partial charge in [-0.2, -0.15) is 0 Å². The van der Waals surface area contributed by atoms with Crippen LogP contribution in [0.4, 0.5) is 0 Å². The quantitative estimate of drug-likeness (QED) is 0.883. The molecule has 0 aliphatic carbocycles. The summed E-state index contributed by atoms with van der Waals surface area (Å²) in [5, 5.41) is 3.10. The lowest BCUT2D eigenvalue weighted by Gasteiger charge is -2.22. The van der Waals surface area contributed by atoms with Gasteiger partial charge in [0.05, 0.1) is 11.2 Å². The van der Waals surface area contributed by atoms with Crippen LogP contribution in [0.5, 0.6) is 0 Å². The maximum Gasteiger partial charge on any atom is 0.113 e. The van der Waals surface area contributed by atoms with Crippen molar-refractivity contribution >= 4 is 11.3 Å². The van der Waals surface area contributed by atoms with E-state index < -0.39 is 0 Å². The third-order valence-electron chi connectivity index (χ3n) is 2.59. The Kier molecular flexibility index (Phi) is 4.10. The molecule has 0 bridgehead atoms. The number of rotatable bonds is 4. The first-order valence-corrected chi connectivity index (χ1v) is 6.39. The highest BCUT2D eigenvalue weighted by atomic mass is 32.1. The summed E-state index contributed by atoms with van der Waals surface area (Å²) >= 11 is 1.64. The van der Waals surface area contributed by atoms with E-state index in [0.717, 1.165) is 17.1 Å². The smallest absolute Gasteiger partial charge is 0.113 e. The van der Waals surface area contributed by atoms with Crippen LogP contribution in [0.2, 0.25) is 0 Å². The fourth-order valence-corrected chi connectivity index (χ4v) is 2.45. The summed E-state index contributed by atoms with van der Waals surface area (Å²) in [7, 11) is 1.69. The van der Waals surface area contributed by atoms with Gasteiger partial charge in [0.2, 0.25) is 0 Å². The van der Waals surface area contributed by atoms with Gasteiger partial charge in [0.15, 0.2) is 0 Å². The first kappa shape index (κ1) is 13.6. The van der Waals surface area contributed by atoms with E-state index in [0.29, 0.717) is 6.61 Å². The lowest BCUT2D eigenvalue weighted by Crippen LogP contribution is -2.34. The predicted molar refractivity (Wildman–Crippen MR) is 68.8 cm³/mol. The van der Waals surface area contributed by atoms with E-state index in [9.17, 15) is 0 Å². The molecule has 0 spiro atoms. The molecule has 0 aliphatic rings. The molecule has 1 aromatic rings. The van der Waals surface area contributed by atoms with Gasteiger partial charge in [-0.3, -0.25) is 0 Å². The summed E-state index contributed by atoms with van der Waals surface area (Å²) in [5.41, 5.74) is 7.07. The molecule has 0 amide bonds. The highest BCUT2D eigenvalue weighted by Crippen LogP contribution is 2.30. The summed E-state index contributed by atoms with van der Waals surface area (Å²) in [6.07, 6.45) is 0.792. The van der Waals surface area contributed by atoms with Crippen LogP contribution in [-0.4, -0.2) is 18.7 Å². The van der Waals surface area contributed by atoms with Gasteiger partial charge in [0.25, 0.3) is 0 Å². The zero-order valence-corrected chi connectivity index (χ0v) is 11.6. The molecule has 0 saturated heterocycles. The van der Waals surface area contributed by atoms with Gasteiger partial charge in [-0.1, -0.05) is 20.8 Å². The maximum atomic E-state index is 6.25. The van der Waals surface area contributed by atoms with Crippen molar-refractivity contribution in [3.05, 3.63) is 16.1 Å². The fourth-order valence-electron chi connectivity index (χ4n) is 1.30. The van der Waals surface area contributed by atoms with Gasteiger partial charge in [-0.25, -0.2) is 4.98 Å². The number of methoxy groups -OCH3 is 1. The molecule has 4 heteroatoms. The Bertz CT molecular complexity index is 339. The molecular weight excluding hydrogens is 220 g/mol. The zero-order chi connectivity index (χ0) is 12.4. The minimum atomic E-state index is -0.385. The van der Waals surface area contributed by atoms with Gasteiger partial charge >= 0.3 is 0 Å². The molecule has 0 saturated carbocycles. The van der Waals surface area contributed by atoms with Gasteiger partial charge in [0, 0.05) is 24.5 Å². The third-order valence-corrected chi connectivity index (χ3v) is 3.71. The van der Waals surface area contributed by atoms with Gasteiger partial charge in [-0.15, -0.1) is 11.3 Å². The molecule has 3 nitrogen and oxygen atoms in total. The standard InChI is InChI=1S/C12H22N2OS/c1-11(2,3)9-8-16-10(14-9)12(4,13)6-7-15-5/h8H,6-7,13H2,1-5H3. The molecule has 2 N–H and O–H groups in total. The van der Waals surface area contributed by atoms with Crippen molar-refractivity contribution in [3.63, 3.8) is 0 Å². The van der Waals surface area contributed by atoms with Crippen LogP contribution in [0.25, 0.3) is 0 Å². The normalized spacial score (nSPS) is 16.1. The van der Waals surface area contributed by atoms with E-state index in [4.69, 9.17) is 10.5 Å². The number of aromatic nitrogens is 1. The van der Waals surface area contributed by atoms with E-state index in [1.807, 2.05) is 6.92 Å². The lowest BCUT2D eigenvalue weighted by molar-refractivity contribution is 0.172. The van der Waals surface area contributed by atoms with Crippen molar-refractivity contribution in [2.75, 3.05) is 13.7 Å². The van der Waals surface area contributed by atoms with Gasteiger partial charge < -0.3 is 10.5 Å². The van der Waals surface area contributed by atoms with Crippen molar-refractivity contribution in [1.29, 1.82) is 0 Å². The summed E-state index contributed by atoms with van der Waals surface area (Å²) in [5.74, 6) is 0. The number of hydrogen-bond acceptors (Lipinski definition) is 4. The van der Waals surface area contributed by atoms with Gasteiger partial charge in [0.1, 0.15) is 5.01 Å². The van der Waals surface area contributed by atoms with Crippen LogP contribution in [-0.2, 0) is 15.7 Å². The minimum Gasteiger partial charge on any atom is -0.385 e. The Morgan fingerprint density at radius 1 is 1.38 bits per heavy atom. The van der Waals surface area contributed by atoms with Crippen molar-refractivity contribution < 1.29 is 4.74 Å². The largest absolute Gasteiger partial charge is 0.385 e. The Morgan fingerprint density at radius 3 is 2.44 bits per heavy atom. The average Bonchev–Trinajstić information content (AvgIpc) is 2.63. The highest BCUT2D eigenvalue weighted by molar-refractivity contribution is 7.09. The first-order chi connectivity index (χ1) is 7.27. The number of nitrogens with zero attached hydrogens (tertiary/aromatic N) is 1. The third kappa shape index (κ3) is 3.27. The second kappa shape index (κ2) is 4.82. The van der Waals surface area contributed by atoms with Crippen LogP contribution >= 0.6 is 11.3 Å². The minimum absolute atomic E-state index is 0.0894. The van der Waals surface area contributed by atoms with Crippen LogP contribution in [0.1, 0.15) is 44.8 Å². The molecule has 92 valence electrons. The van der Waals surface area contributed by atoms with E-state index >= 15 is 0 Å². The molecule has 1 atom stereocenters. The first-order valence-electron chi connectivity index (χ1n) is 5.51. The average molecular weight is 242 g/mol. The van der Waals surface area contributed by atoms with Crippen molar-refractivity contribution in [3.8, 4) is 0 Å². The summed E-state index contributed by atoms with van der Waals surface area (Å²) in [4.78, 5) is 4.64. The Balaban J connectivity index is 2.84. The number of ether oxygens (including phenoxy) is 1. The second-order valence-electron chi connectivity index (χ2n) is 5.45. The Morgan fingerprint density at radius 2 is 2.00 bits per heavy atom. The van der Waals surface area contributed by atoms with Crippen LogP contribution in [0.15, 0.2) is 5.38 Å². The second-order valence-corrected chi connectivity index (χ2v) is 6.31. The number of thiazole rings is 1. The highest BCUT2D eigenvalue weighted by Gasteiger charge is 2.27. The van der Waals surface area contributed by atoms with Crippen LogP contribution in [0, 0.1) is 0 Å². The van der Waals surface area contributed by atoms with Crippen molar-refractivity contribution in [2.45, 2.75) is 45.1 Å². The molecule has 1 aromatic heterocycles. The molecule has 16 heavy (non-hydrogen) atoms. The number of nitrogens with two attached hydrogens (primary N) is 1. The predicted octanol–water partition coefficient (Wildman–Crippen LogP) is 2.65. The Hall–Kier alpha value is -0.450. The fraction of sp³-hybridized carbons (Fsp3) is 0.750. The van der Waals surface area contributed by atoms with Crippen molar-refractivity contribution in [1.82, 2.24) is 4.98 Å². The Labute approximate surface area is 102 Å². The monoisotopic (exact) mass is 242 g/mol. The zero-order valence-electron chi connectivity index (χ0n) is 10.8. The molecule has 1 rings (SSSR count). The molecule has 0 aliphatic heterocycles. The van der Waals surface area contributed by atoms with Gasteiger partial charge in [-0.05, 0) is 13.3 Å². The van der Waals surface area contributed by atoms with Crippen molar-refractivity contribution in [2.24, 2.45) is 5.73 Å². The number of hydrogen-bond donors (Lipinski definition) is 1. The molecule has 0 fully saturated rings. The topological polar surface area (TPSA) is 48.1 Å². The molecule has 1 heterocycles. The summed E-state index contributed by atoms with van der Waals surface area (Å²) < 4.78 is 5.07. The molecule has 1 unspecified atom stereocenters. The summed E-state index contributed by atoms with van der Waals surface area (Å²) in [6, 6.07) is 0. The molecule has 0 aromatic carbocycles. The van der Waals surface area contributed by atoms with E-state index in [2.05, 4.69) is 31.1 Å². The van der Waals surface area contributed by atoms with E-state index in [1.165, 1.54) is 0 Å². The molecule has 0 radical (unpaired) electrons. The molecular formula is C12H22N2OS.